The predicted octanol–water partition coefficient (Wildman–Crippen LogP) is 12.8. The van der Waals surface area contributed by atoms with Crippen LogP contribution in [-0.4, -0.2) is 10.8 Å². The average Bonchev–Trinajstić information content (AvgIpc) is 3.82. The lowest BCUT2D eigenvalue weighted by atomic mass is 9.97. The van der Waals surface area contributed by atoms with Gasteiger partial charge in [0, 0.05) is 4.91 Å². The molecule has 8 rings (SSSR count). The van der Waals surface area contributed by atoms with Gasteiger partial charge in [-0.1, -0.05) is 161 Å². The molecule has 0 aromatic heterocycles. The molecule has 320 valence electrons. The van der Waals surface area contributed by atoms with E-state index in [4.69, 9.17) is 18.3 Å². The van der Waals surface area contributed by atoms with E-state index in [0.29, 0.717) is 44.0 Å². The van der Waals surface area contributed by atoms with Gasteiger partial charge in [-0.3, -0.25) is 9.19 Å². The number of oxime groups is 2. The third-order valence-electron chi connectivity index (χ3n) is 9.58. The molecule has 1 aliphatic carbocycles. The van der Waals surface area contributed by atoms with Crippen molar-refractivity contribution in [2.24, 2.45) is 10.3 Å². The topological polar surface area (TPSA) is 143 Å². The third kappa shape index (κ3) is 11.9. The first-order valence-electron chi connectivity index (χ1n) is 20.1. The van der Waals surface area contributed by atoms with Crippen LogP contribution in [-0.2, 0) is 18.4 Å². The van der Waals surface area contributed by atoms with Crippen molar-refractivity contribution in [3.05, 3.63) is 239 Å². The van der Waals surface area contributed by atoms with E-state index in [1.54, 1.807) is 103 Å². The maximum absolute atomic E-state index is 13.9. The number of thioether (sulfide) groups is 1. The molecule has 1 heterocycles. The molecule has 0 saturated heterocycles. The Morgan fingerprint density at radius 1 is 0.538 bits per heavy atom. The van der Waals surface area contributed by atoms with E-state index < -0.39 is 15.2 Å². The van der Waals surface area contributed by atoms with Gasteiger partial charge >= 0.3 is 15.2 Å². The SMILES string of the molecule is Cc1ccc(C(C#N)=C2C=CC(=NOP(=O)(Oc3ccccc3)Oc3ccccc3)C=C2)cc1.Cc1ccccc1C(C#N)=C1C=CC(=NOP(=O)(c2ccccc2)c2ccccc2)S1. The van der Waals surface area contributed by atoms with Gasteiger partial charge in [-0.05, 0) is 109 Å². The highest BCUT2D eigenvalue weighted by Crippen LogP contribution is 2.50. The van der Waals surface area contributed by atoms with E-state index in [1.165, 1.54) is 11.8 Å². The molecule has 13 heteroatoms. The van der Waals surface area contributed by atoms with E-state index in [2.05, 4.69) is 22.4 Å². The van der Waals surface area contributed by atoms with E-state index in [9.17, 15) is 19.7 Å². The van der Waals surface area contributed by atoms with Crippen LogP contribution in [0.25, 0.3) is 11.1 Å². The largest absolute Gasteiger partial charge is 0.668 e. The van der Waals surface area contributed by atoms with Crippen molar-refractivity contribution in [3.8, 4) is 23.6 Å². The van der Waals surface area contributed by atoms with Crippen LogP contribution in [0.3, 0.4) is 0 Å². The molecule has 2 aliphatic rings. The Labute approximate surface area is 382 Å². The molecule has 0 unspecified atom stereocenters. The summed E-state index contributed by atoms with van der Waals surface area (Å²) in [6.45, 7) is 3.97. The lowest BCUT2D eigenvalue weighted by molar-refractivity contribution is 0.218. The minimum atomic E-state index is -4.14. The van der Waals surface area contributed by atoms with Crippen molar-refractivity contribution in [3.63, 3.8) is 0 Å². The van der Waals surface area contributed by atoms with Gasteiger partial charge in [-0.2, -0.15) is 15.1 Å². The highest BCUT2D eigenvalue weighted by Gasteiger charge is 2.34. The smallest absolute Gasteiger partial charge is 0.385 e. The summed E-state index contributed by atoms with van der Waals surface area (Å²) in [5.74, 6) is 0.636. The number of hydrogen-bond acceptors (Lipinski definition) is 11. The lowest BCUT2D eigenvalue weighted by Gasteiger charge is -2.16. The fraction of sp³-hybridized carbons (Fsp3) is 0.0385. The molecular formula is C52H40N4O6P2S. The number of nitrogens with zero attached hydrogens (tertiary/aromatic N) is 4. The molecule has 6 aromatic carbocycles. The van der Waals surface area contributed by atoms with Crippen LogP contribution in [0, 0.1) is 36.5 Å². The minimum absolute atomic E-state index is 0.318. The number of para-hydroxylation sites is 2. The van der Waals surface area contributed by atoms with Crippen molar-refractivity contribution >= 4 is 59.5 Å². The normalized spacial score (nSPS) is 14.3. The van der Waals surface area contributed by atoms with Crippen LogP contribution in [0.4, 0.5) is 0 Å². The minimum Gasteiger partial charge on any atom is -0.385 e. The van der Waals surface area contributed by atoms with Gasteiger partial charge in [0.2, 0.25) is 0 Å². The first kappa shape index (κ1) is 45.4. The average molecular weight is 911 g/mol. The van der Waals surface area contributed by atoms with Crippen LogP contribution in [0.15, 0.2) is 227 Å². The molecule has 65 heavy (non-hydrogen) atoms. The second-order valence-electron chi connectivity index (χ2n) is 14.2. The standard InChI is InChI=1S/C27H21N2O4P.C25H19N2O2PS/c1-21-12-14-22(15-13-21)27(20-28)23-16-18-24(19-17-23)29-33-34(30,31-25-8-4-2-5-9-25)32-26-10-6-3-7-11-26;1-19-10-8-9-15-22(19)23(18-26)24-16-17-25(31-24)27-29-30(28,20-11-4-2-5-12-20)21-13-6-3-7-14-21/h2-19H,1H3;2-17H,1H3. The Morgan fingerprint density at radius 2 is 1.05 bits per heavy atom. The Morgan fingerprint density at radius 3 is 1.57 bits per heavy atom. The number of hydrogen-bond donors (Lipinski definition) is 0. The Bertz CT molecular complexity index is 2940. The summed E-state index contributed by atoms with van der Waals surface area (Å²) in [7, 11) is -7.55. The van der Waals surface area contributed by atoms with Crippen molar-refractivity contribution in [1.82, 2.24) is 0 Å². The second kappa shape index (κ2) is 21.6. The van der Waals surface area contributed by atoms with Gasteiger partial charge in [0.05, 0.1) is 21.8 Å². The molecule has 1 aliphatic heterocycles. The van der Waals surface area contributed by atoms with Crippen LogP contribution < -0.4 is 19.7 Å². The highest BCUT2D eigenvalue weighted by atomic mass is 32.2. The van der Waals surface area contributed by atoms with E-state index in [0.717, 1.165) is 32.7 Å². The van der Waals surface area contributed by atoms with Crippen LogP contribution in [0.2, 0.25) is 0 Å². The van der Waals surface area contributed by atoms with Crippen LogP contribution in [0.5, 0.6) is 11.5 Å². The quantitative estimate of drug-likeness (QED) is 0.0666. The van der Waals surface area contributed by atoms with Crippen LogP contribution >= 0.6 is 27.0 Å². The van der Waals surface area contributed by atoms with Crippen molar-refractivity contribution < 1.29 is 27.4 Å². The zero-order valence-corrected chi connectivity index (χ0v) is 37.8. The fourth-order valence-corrected chi connectivity index (χ4v) is 10.0. The predicted molar refractivity (Wildman–Crippen MR) is 261 cm³/mol. The second-order valence-corrected chi connectivity index (χ2v) is 18.9. The Balaban J connectivity index is 0.000000195. The summed E-state index contributed by atoms with van der Waals surface area (Å²) in [4.78, 5) is 0.786. The molecular weight excluding hydrogens is 871 g/mol. The number of allylic oxidation sites excluding steroid dienone is 8. The number of phosphoric acid groups is 1. The Hall–Kier alpha value is -7.65. The van der Waals surface area contributed by atoms with Crippen molar-refractivity contribution in [2.45, 2.75) is 13.8 Å². The molecule has 6 aromatic rings. The molecule has 0 N–H and O–H groups in total. The van der Waals surface area contributed by atoms with Crippen LogP contribution in [0.1, 0.15) is 22.3 Å². The highest BCUT2D eigenvalue weighted by molar-refractivity contribution is 8.18. The molecule has 10 nitrogen and oxygen atoms in total. The molecule has 0 spiro atoms. The van der Waals surface area contributed by atoms with E-state index in [1.807, 2.05) is 117 Å². The zero-order chi connectivity index (χ0) is 45.5. The molecule has 0 radical (unpaired) electrons. The van der Waals surface area contributed by atoms with Gasteiger partial charge in [-0.25, -0.2) is 0 Å². The first-order chi connectivity index (χ1) is 31.7. The maximum Gasteiger partial charge on any atom is 0.668 e. The lowest BCUT2D eigenvalue weighted by Crippen LogP contribution is -2.16. The summed E-state index contributed by atoms with van der Waals surface area (Å²) in [6, 6.07) is 55.4. The summed E-state index contributed by atoms with van der Waals surface area (Å²) in [5, 5.41) is 29.3. The van der Waals surface area contributed by atoms with Gasteiger partial charge in [0.15, 0.2) is 0 Å². The maximum atomic E-state index is 13.9. The zero-order valence-electron chi connectivity index (χ0n) is 35.2. The van der Waals surface area contributed by atoms with Crippen molar-refractivity contribution in [1.29, 1.82) is 10.5 Å². The summed E-state index contributed by atoms with van der Waals surface area (Å²) >= 11 is 1.33. The molecule has 0 amide bonds. The molecule has 0 atom stereocenters. The molecule has 0 fully saturated rings. The number of rotatable bonds is 12. The number of phosphoric ester groups is 1. The summed E-state index contributed by atoms with van der Waals surface area (Å²) in [5.41, 5.74) is 6.10. The van der Waals surface area contributed by atoms with Gasteiger partial charge in [-0.15, -0.1) is 0 Å². The van der Waals surface area contributed by atoms with Gasteiger partial charge < -0.3 is 13.7 Å². The fourth-order valence-electron chi connectivity index (χ4n) is 6.28. The van der Waals surface area contributed by atoms with E-state index in [-0.39, 0.29) is 0 Å². The van der Waals surface area contributed by atoms with Gasteiger partial charge in [0.25, 0.3) is 0 Å². The first-order valence-corrected chi connectivity index (χ1v) is 24.0. The summed E-state index contributed by atoms with van der Waals surface area (Å²) < 4.78 is 49.4. The Kier molecular flexibility index (Phi) is 15.1. The van der Waals surface area contributed by atoms with Gasteiger partial charge in [0.1, 0.15) is 34.4 Å². The van der Waals surface area contributed by atoms with E-state index >= 15 is 0 Å². The number of nitriles is 2. The number of aryl methyl sites for hydroxylation is 2. The van der Waals surface area contributed by atoms with Crippen molar-refractivity contribution in [2.75, 3.05) is 0 Å². The molecule has 0 saturated carbocycles. The molecule has 0 bridgehead atoms. The monoisotopic (exact) mass is 910 g/mol. The summed E-state index contributed by atoms with van der Waals surface area (Å²) in [6.07, 6.45) is 10.4. The number of benzene rings is 6. The third-order valence-corrected chi connectivity index (χ3v) is 14.0.